The molecule has 0 bridgehead atoms. The third kappa shape index (κ3) is 4.52. The second-order valence-corrected chi connectivity index (χ2v) is 8.37. The molecule has 0 saturated carbocycles. The van der Waals surface area contributed by atoms with E-state index in [9.17, 15) is 14.3 Å². The van der Waals surface area contributed by atoms with Crippen LogP contribution in [0.5, 0.6) is 0 Å². The Kier molecular flexibility index (Phi) is 6.00. The lowest BCUT2D eigenvalue weighted by molar-refractivity contribution is -0.0949. The fourth-order valence-corrected chi connectivity index (χ4v) is 3.71. The van der Waals surface area contributed by atoms with Gasteiger partial charge in [0, 0.05) is 5.56 Å². The summed E-state index contributed by atoms with van der Waals surface area (Å²) in [5.74, 6) is -0.519. The summed E-state index contributed by atoms with van der Waals surface area (Å²) in [6.45, 7) is 6.09. The highest BCUT2D eigenvalue weighted by Gasteiger charge is 2.46. The summed E-state index contributed by atoms with van der Waals surface area (Å²) < 4.78 is 18.9. The Morgan fingerprint density at radius 2 is 1.94 bits per heavy atom. The molecule has 1 aliphatic heterocycles. The lowest BCUT2D eigenvalue weighted by atomic mass is 9.85. The second-order valence-electron chi connectivity index (χ2n) is 7.96. The number of aliphatic hydroxyl groups is 1. The Bertz CT molecular complexity index is 1180. The summed E-state index contributed by atoms with van der Waals surface area (Å²) in [6.07, 6.45) is -0.488. The van der Waals surface area contributed by atoms with Crippen LogP contribution in [0, 0.1) is 5.82 Å². The number of carbonyl (C=O) groups is 1. The van der Waals surface area contributed by atoms with Gasteiger partial charge in [-0.2, -0.15) is 0 Å². The third-order valence-electron chi connectivity index (χ3n) is 5.38. The van der Waals surface area contributed by atoms with E-state index >= 15 is 0 Å². The first kappa shape index (κ1) is 22.0. The van der Waals surface area contributed by atoms with Crippen molar-refractivity contribution in [2.45, 2.75) is 19.1 Å². The number of allylic oxidation sites excluding steroid dienone is 1. The minimum Gasteiger partial charge on any atom is -0.445 e. The fourth-order valence-electron chi connectivity index (χ4n) is 3.53. The van der Waals surface area contributed by atoms with Gasteiger partial charge in [-0.25, -0.2) is 14.2 Å². The average Bonchev–Trinajstić information content (AvgIpc) is 2.77. The molecule has 5 nitrogen and oxygen atoms in total. The molecular weight excluding hydrogens is 431 g/mol. The molecule has 4 rings (SSSR count). The van der Waals surface area contributed by atoms with Gasteiger partial charge in [-0.15, -0.1) is 0 Å². The van der Waals surface area contributed by atoms with Gasteiger partial charge >= 0.3 is 6.09 Å². The number of pyridine rings is 1. The van der Waals surface area contributed by atoms with Crippen LogP contribution in [0.4, 0.5) is 9.18 Å². The van der Waals surface area contributed by atoms with E-state index in [1.54, 1.807) is 18.2 Å². The number of rotatable bonds is 5. The standard InChI is InChI=1S/C25H22ClFN2O3/c1-16(2)22-11-19(12-23(28-22)18-8-9-21(27)20(26)10-18)25(31)14-29(15-25)24(30)32-13-17-6-4-3-5-7-17/h3-12,31H,1,13-15H2,2H3. The number of hydrogen-bond donors (Lipinski definition) is 1. The summed E-state index contributed by atoms with van der Waals surface area (Å²) in [5, 5.41) is 11.2. The highest BCUT2D eigenvalue weighted by molar-refractivity contribution is 6.31. The van der Waals surface area contributed by atoms with Gasteiger partial charge in [-0.3, -0.25) is 0 Å². The monoisotopic (exact) mass is 452 g/mol. The van der Waals surface area contributed by atoms with Crippen molar-refractivity contribution < 1.29 is 19.0 Å². The van der Waals surface area contributed by atoms with Crippen LogP contribution in [-0.2, 0) is 16.9 Å². The molecule has 0 atom stereocenters. The molecule has 3 aromatic rings. The summed E-state index contributed by atoms with van der Waals surface area (Å²) in [4.78, 5) is 18.4. The van der Waals surface area contributed by atoms with E-state index in [-0.39, 0.29) is 24.7 Å². The minimum absolute atomic E-state index is 0.0127. The fraction of sp³-hybridized carbons (Fsp3) is 0.200. The Balaban J connectivity index is 1.52. The van der Waals surface area contributed by atoms with E-state index in [0.717, 1.165) is 5.56 Å². The Labute approximate surface area is 190 Å². The molecule has 1 aliphatic rings. The number of halogens is 2. The smallest absolute Gasteiger partial charge is 0.410 e. The van der Waals surface area contributed by atoms with Crippen LogP contribution in [0.25, 0.3) is 16.8 Å². The van der Waals surface area contributed by atoms with Gasteiger partial charge in [0.2, 0.25) is 0 Å². The zero-order chi connectivity index (χ0) is 22.9. The number of aromatic nitrogens is 1. The molecule has 2 aromatic carbocycles. The topological polar surface area (TPSA) is 62.7 Å². The highest BCUT2D eigenvalue weighted by Crippen LogP contribution is 2.36. The van der Waals surface area contributed by atoms with Gasteiger partial charge in [0.1, 0.15) is 18.0 Å². The molecule has 1 fully saturated rings. The van der Waals surface area contributed by atoms with Crippen molar-refractivity contribution in [3.63, 3.8) is 0 Å². The maximum Gasteiger partial charge on any atom is 0.410 e. The van der Waals surface area contributed by atoms with E-state index in [0.29, 0.717) is 28.1 Å². The Hall–Kier alpha value is -3.22. The zero-order valence-corrected chi connectivity index (χ0v) is 18.3. The van der Waals surface area contributed by atoms with Crippen molar-refractivity contribution in [1.82, 2.24) is 9.88 Å². The van der Waals surface area contributed by atoms with Gasteiger partial charge in [0.25, 0.3) is 0 Å². The Morgan fingerprint density at radius 1 is 1.22 bits per heavy atom. The normalized spacial score (nSPS) is 14.6. The van der Waals surface area contributed by atoms with Gasteiger partial charge in [0.15, 0.2) is 0 Å². The number of amides is 1. The molecule has 2 heterocycles. The number of carbonyl (C=O) groups excluding carboxylic acids is 1. The van der Waals surface area contributed by atoms with Crippen LogP contribution in [0.2, 0.25) is 5.02 Å². The van der Waals surface area contributed by atoms with E-state index in [4.69, 9.17) is 16.3 Å². The van der Waals surface area contributed by atoms with E-state index < -0.39 is 17.5 Å². The van der Waals surface area contributed by atoms with Gasteiger partial charge in [0.05, 0.1) is 29.5 Å². The quantitative estimate of drug-likeness (QED) is 0.562. The molecule has 32 heavy (non-hydrogen) atoms. The number of likely N-dealkylation sites (tertiary alicyclic amines) is 1. The van der Waals surface area contributed by atoms with Crippen molar-refractivity contribution >= 4 is 23.3 Å². The summed E-state index contributed by atoms with van der Waals surface area (Å²) in [5.41, 5.74) is 2.67. The molecule has 7 heteroatoms. The molecular formula is C25H22ClFN2O3. The van der Waals surface area contributed by atoms with E-state index in [1.807, 2.05) is 37.3 Å². The first-order valence-corrected chi connectivity index (χ1v) is 10.4. The summed E-state index contributed by atoms with van der Waals surface area (Å²) >= 11 is 5.93. The molecule has 0 unspecified atom stereocenters. The minimum atomic E-state index is -1.25. The van der Waals surface area contributed by atoms with Gasteiger partial charge < -0.3 is 14.7 Å². The molecule has 1 aromatic heterocycles. The van der Waals surface area contributed by atoms with Crippen LogP contribution in [0.1, 0.15) is 23.7 Å². The second kappa shape index (κ2) is 8.73. The van der Waals surface area contributed by atoms with Gasteiger partial charge in [-0.05, 0) is 54.0 Å². The number of ether oxygens (including phenoxy) is 1. The molecule has 0 spiro atoms. The zero-order valence-electron chi connectivity index (χ0n) is 17.5. The predicted molar refractivity (Wildman–Crippen MR) is 121 cm³/mol. The first-order valence-electron chi connectivity index (χ1n) is 10.1. The maximum absolute atomic E-state index is 13.6. The number of nitrogens with zero attached hydrogens (tertiary/aromatic N) is 2. The summed E-state index contributed by atoms with van der Waals surface area (Å²) in [6, 6.07) is 17.2. The molecule has 1 amide bonds. The van der Waals surface area contributed by atoms with Crippen molar-refractivity contribution in [3.8, 4) is 11.3 Å². The van der Waals surface area contributed by atoms with Crippen molar-refractivity contribution in [2.24, 2.45) is 0 Å². The maximum atomic E-state index is 13.6. The Morgan fingerprint density at radius 3 is 2.59 bits per heavy atom. The lowest BCUT2D eigenvalue weighted by Gasteiger charge is -2.46. The van der Waals surface area contributed by atoms with E-state index in [2.05, 4.69) is 11.6 Å². The molecule has 0 radical (unpaired) electrons. The van der Waals surface area contributed by atoms with Crippen molar-refractivity contribution in [1.29, 1.82) is 0 Å². The number of hydrogen-bond acceptors (Lipinski definition) is 4. The molecule has 164 valence electrons. The average molecular weight is 453 g/mol. The van der Waals surface area contributed by atoms with Crippen LogP contribution in [0.3, 0.4) is 0 Å². The predicted octanol–water partition coefficient (Wildman–Crippen LogP) is 5.41. The van der Waals surface area contributed by atoms with Crippen LogP contribution >= 0.6 is 11.6 Å². The van der Waals surface area contributed by atoms with Crippen molar-refractivity contribution in [2.75, 3.05) is 13.1 Å². The molecule has 1 saturated heterocycles. The number of β-amino-alcohol motifs (C(OH)–C–C–N with tert-alkyl or cyclic N) is 1. The molecule has 0 aliphatic carbocycles. The lowest BCUT2D eigenvalue weighted by Crippen LogP contribution is -2.61. The van der Waals surface area contributed by atoms with E-state index in [1.165, 1.54) is 17.0 Å². The third-order valence-corrected chi connectivity index (χ3v) is 5.67. The molecule has 1 N–H and O–H groups in total. The van der Waals surface area contributed by atoms with Crippen LogP contribution < -0.4 is 0 Å². The van der Waals surface area contributed by atoms with Crippen LogP contribution in [0.15, 0.2) is 67.2 Å². The first-order chi connectivity index (χ1) is 15.2. The van der Waals surface area contributed by atoms with Crippen molar-refractivity contribution in [3.05, 3.63) is 94.9 Å². The largest absolute Gasteiger partial charge is 0.445 e. The van der Waals surface area contributed by atoms with Crippen LogP contribution in [-0.4, -0.2) is 34.2 Å². The number of benzene rings is 2. The van der Waals surface area contributed by atoms with Gasteiger partial charge in [-0.1, -0.05) is 48.5 Å². The SMILES string of the molecule is C=C(C)c1cc(C2(O)CN(C(=O)OCc3ccccc3)C2)cc(-c2ccc(F)c(Cl)c2)n1. The summed E-state index contributed by atoms with van der Waals surface area (Å²) in [7, 11) is 0. The highest BCUT2D eigenvalue weighted by atomic mass is 35.5.